The van der Waals surface area contributed by atoms with E-state index in [0.717, 1.165) is 72.0 Å². The number of carbonyl (C=O) groups is 1. The van der Waals surface area contributed by atoms with Gasteiger partial charge in [0.1, 0.15) is 5.84 Å². The summed E-state index contributed by atoms with van der Waals surface area (Å²) in [6.45, 7) is 12.5. The molecule has 6 heteroatoms. The van der Waals surface area contributed by atoms with Crippen LogP contribution in [0.4, 0.5) is 11.4 Å². The van der Waals surface area contributed by atoms with E-state index in [0.29, 0.717) is 11.4 Å². The van der Waals surface area contributed by atoms with Gasteiger partial charge in [0.15, 0.2) is 5.84 Å². The number of amidine groups is 2. The normalized spacial score (nSPS) is 13.0. The zero-order chi connectivity index (χ0) is 26.7. The molecule has 0 unspecified atom stereocenters. The Morgan fingerprint density at radius 1 is 0.973 bits per heavy atom. The van der Waals surface area contributed by atoms with Gasteiger partial charge in [-0.15, -0.1) is 0 Å². The van der Waals surface area contributed by atoms with Crippen LogP contribution in [-0.2, 0) is 5.41 Å². The minimum Gasteiger partial charge on any atom is -0.383 e. The van der Waals surface area contributed by atoms with E-state index in [4.69, 9.17) is 11.1 Å². The summed E-state index contributed by atoms with van der Waals surface area (Å²) >= 11 is 0. The number of nitrogens with one attached hydrogen (secondary N) is 2. The fourth-order valence-corrected chi connectivity index (χ4v) is 4.64. The maximum atomic E-state index is 13.2. The van der Waals surface area contributed by atoms with Gasteiger partial charge in [-0.1, -0.05) is 53.5 Å². The molecule has 0 aromatic heterocycles. The molecule has 1 heterocycles. The maximum Gasteiger partial charge on any atom is 0.253 e. The summed E-state index contributed by atoms with van der Waals surface area (Å²) in [7, 11) is 0. The molecule has 3 aromatic rings. The number of nitrogens with zero attached hydrogens (tertiary/aromatic N) is 2. The van der Waals surface area contributed by atoms with E-state index in [-0.39, 0.29) is 17.2 Å². The van der Waals surface area contributed by atoms with Crippen molar-refractivity contribution in [1.82, 2.24) is 4.90 Å². The number of hydrogen-bond acceptors (Lipinski definition) is 4. The van der Waals surface area contributed by atoms with Crippen molar-refractivity contribution in [2.75, 3.05) is 18.4 Å². The van der Waals surface area contributed by atoms with Crippen molar-refractivity contribution in [2.45, 2.75) is 65.7 Å². The Morgan fingerprint density at radius 2 is 1.62 bits per heavy atom. The molecule has 0 fully saturated rings. The topological polar surface area (TPSA) is 94.6 Å². The SMILES string of the molecule is CCCCN(CCCC)C(=O)c1ccc(Nc2cc(C(C)(C)C)cc3cc4c(cc23)C(N)=NC4=N)cc1. The van der Waals surface area contributed by atoms with Crippen LogP contribution in [0.25, 0.3) is 10.8 Å². The highest BCUT2D eigenvalue weighted by molar-refractivity contribution is 6.23. The van der Waals surface area contributed by atoms with Gasteiger partial charge in [0.25, 0.3) is 5.91 Å². The number of rotatable bonds is 9. The van der Waals surface area contributed by atoms with Crippen molar-refractivity contribution in [2.24, 2.45) is 10.7 Å². The molecule has 37 heavy (non-hydrogen) atoms. The predicted octanol–water partition coefficient (Wildman–Crippen LogP) is 6.97. The molecule has 0 saturated heterocycles. The highest BCUT2D eigenvalue weighted by Gasteiger charge is 2.22. The first kappa shape index (κ1) is 26.4. The predicted molar refractivity (Wildman–Crippen MR) is 156 cm³/mol. The molecule has 0 spiro atoms. The van der Waals surface area contributed by atoms with Crippen LogP contribution in [-0.4, -0.2) is 35.6 Å². The van der Waals surface area contributed by atoms with Crippen molar-refractivity contribution in [3.8, 4) is 0 Å². The molecular formula is C31H39N5O. The van der Waals surface area contributed by atoms with Crippen LogP contribution in [0, 0.1) is 5.41 Å². The number of anilines is 2. The second-order valence-electron chi connectivity index (χ2n) is 10.9. The van der Waals surface area contributed by atoms with Crippen molar-refractivity contribution < 1.29 is 4.79 Å². The van der Waals surface area contributed by atoms with Gasteiger partial charge in [0, 0.05) is 46.5 Å². The first-order valence-corrected chi connectivity index (χ1v) is 13.3. The fraction of sp³-hybridized carbons (Fsp3) is 0.387. The number of aliphatic imine (C=N–C) groups is 1. The van der Waals surface area contributed by atoms with Crippen LogP contribution in [0.3, 0.4) is 0 Å². The molecule has 6 nitrogen and oxygen atoms in total. The zero-order valence-electron chi connectivity index (χ0n) is 22.7. The van der Waals surface area contributed by atoms with Crippen molar-refractivity contribution in [3.05, 3.63) is 70.8 Å². The number of hydrogen-bond donors (Lipinski definition) is 3. The summed E-state index contributed by atoms with van der Waals surface area (Å²) in [5.41, 5.74) is 11.4. The number of fused-ring (bicyclic) bond motifs is 2. The van der Waals surface area contributed by atoms with E-state index in [2.05, 4.69) is 57.1 Å². The quantitative estimate of drug-likeness (QED) is 0.298. The van der Waals surface area contributed by atoms with Crippen molar-refractivity contribution in [1.29, 1.82) is 5.41 Å². The molecule has 4 N–H and O–H groups in total. The van der Waals surface area contributed by atoms with E-state index >= 15 is 0 Å². The zero-order valence-corrected chi connectivity index (χ0v) is 22.7. The van der Waals surface area contributed by atoms with Gasteiger partial charge in [0.2, 0.25) is 0 Å². The highest BCUT2D eigenvalue weighted by atomic mass is 16.2. The summed E-state index contributed by atoms with van der Waals surface area (Å²) in [6, 6.07) is 16.2. The largest absolute Gasteiger partial charge is 0.383 e. The monoisotopic (exact) mass is 497 g/mol. The first-order chi connectivity index (χ1) is 17.6. The Hall–Kier alpha value is -3.67. The molecule has 0 atom stereocenters. The van der Waals surface area contributed by atoms with Crippen LogP contribution >= 0.6 is 0 Å². The molecular weight excluding hydrogens is 458 g/mol. The van der Waals surface area contributed by atoms with Crippen LogP contribution in [0.15, 0.2) is 53.5 Å². The minimum atomic E-state index is -0.0522. The third-order valence-corrected chi connectivity index (χ3v) is 6.98. The third kappa shape index (κ3) is 5.68. The van der Waals surface area contributed by atoms with Crippen LogP contribution in [0.5, 0.6) is 0 Å². The van der Waals surface area contributed by atoms with Gasteiger partial charge in [-0.2, -0.15) is 0 Å². The average Bonchev–Trinajstić information content (AvgIpc) is 3.14. The Labute approximate surface area is 220 Å². The van der Waals surface area contributed by atoms with Crippen LogP contribution in [0.2, 0.25) is 0 Å². The lowest BCUT2D eigenvalue weighted by Gasteiger charge is -2.23. The van der Waals surface area contributed by atoms with Gasteiger partial charge >= 0.3 is 0 Å². The minimum absolute atomic E-state index is 0.0522. The van der Waals surface area contributed by atoms with Crippen molar-refractivity contribution >= 4 is 39.7 Å². The van der Waals surface area contributed by atoms with E-state index in [9.17, 15) is 4.79 Å². The number of amides is 1. The Balaban J connectivity index is 1.67. The number of benzene rings is 3. The number of nitrogens with two attached hydrogens (primary N) is 1. The summed E-state index contributed by atoms with van der Waals surface area (Å²) in [4.78, 5) is 19.3. The van der Waals surface area contributed by atoms with Gasteiger partial charge in [-0.3, -0.25) is 10.2 Å². The second kappa shape index (κ2) is 10.8. The number of carbonyl (C=O) groups excluding carboxylic acids is 1. The molecule has 0 saturated carbocycles. The maximum absolute atomic E-state index is 13.2. The standard InChI is InChI=1S/C31H39N5O/c1-6-8-14-36(15-9-7-2)30(37)20-10-12-23(13-11-20)34-27-18-22(31(3,4)5)16-21-17-25-26(19-24(21)27)29(33)35-28(25)32/h10-13,16-19,34H,6-9,14-15H2,1-5H3,(H3,32,33,35). The molecule has 1 aliphatic heterocycles. The molecule has 0 bridgehead atoms. The lowest BCUT2D eigenvalue weighted by Crippen LogP contribution is -2.32. The summed E-state index contributed by atoms with van der Waals surface area (Å²) in [5.74, 6) is 0.685. The molecule has 1 amide bonds. The molecule has 194 valence electrons. The lowest BCUT2D eigenvalue weighted by atomic mass is 9.84. The third-order valence-electron chi connectivity index (χ3n) is 6.98. The smallest absolute Gasteiger partial charge is 0.253 e. The molecule has 0 radical (unpaired) electrons. The molecule has 0 aliphatic carbocycles. The Morgan fingerprint density at radius 3 is 2.22 bits per heavy atom. The molecule has 3 aromatic carbocycles. The summed E-state index contributed by atoms with van der Waals surface area (Å²) < 4.78 is 0. The van der Waals surface area contributed by atoms with E-state index < -0.39 is 0 Å². The van der Waals surface area contributed by atoms with E-state index in [1.807, 2.05) is 41.3 Å². The van der Waals surface area contributed by atoms with E-state index in [1.165, 1.54) is 5.56 Å². The Bertz CT molecular complexity index is 1340. The van der Waals surface area contributed by atoms with Crippen LogP contribution < -0.4 is 11.1 Å². The average molecular weight is 498 g/mol. The summed E-state index contributed by atoms with van der Waals surface area (Å²) in [5, 5.41) is 13.8. The van der Waals surface area contributed by atoms with E-state index in [1.54, 1.807) is 0 Å². The molecule has 1 aliphatic rings. The van der Waals surface area contributed by atoms with Gasteiger partial charge in [-0.25, -0.2) is 4.99 Å². The second-order valence-corrected chi connectivity index (χ2v) is 10.9. The Kier molecular flexibility index (Phi) is 7.67. The summed E-state index contributed by atoms with van der Waals surface area (Å²) in [6.07, 6.45) is 4.18. The van der Waals surface area contributed by atoms with Gasteiger partial charge in [0.05, 0.1) is 0 Å². The van der Waals surface area contributed by atoms with Gasteiger partial charge in [-0.05, 0) is 71.7 Å². The van der Waals surface area contributed by atoms with Crippen molar-refractivity contribution in [3.63, 3.8) is 0 Å². The highest BCUT2D eigenvalue weighted by Crippen LogP contribution is 2.36. The fourth-order valence-electron chi connectivity index (χ4n) is 4.64. The first-order valence-electron chi connectivity index (χ1n) is 13.3. The number of unbranched alkanes of at least 4 members (excludes halogenated alkanes) is 2. The van der Waals surface area contributed by atoms with Crippen LogP contribution in [0.1, 0.15) is 87.4 Å². The lowest BCUT2D eigenvalue weighted by molar-refractivity contribution is 0.0751. The van der Waals surface area contributed by atoms with Gasteiger partial charge < -0.3 is 16.0 Å². The molecule has 4 rings (SSSR count).